The monoisotopic (exact) mass is 268 g/mol. The first-order valence-electron chi connectivity index (χ1n) is 8.26. The summed E-state index contributed by atoms with van der Waals surface area (Å²) >= 11 is 0. The molecule has 1 aliphatic heterocycles. The van der Waals surface area contributed by atoms with Crippen LogP contribution in [0.5, 0.6) is 0 Å². The lowest BCUT2D eigenvalue weighted by Crippen LogP contribution is -2.34. The Morgan fingerprint density at radius 1 is 0.737 bits per heavy atom. The summed E-state index contributed by atoms with van der Waals surface area (Å²) in [6.45, 7) is 2.28. The van der Waals surface area contributed by atoms with Gasteiger partial charge in [-0.2, -0.15) is 0 Å². The van der Waals surface area contributed by atoms with Crippen molar-refractivity contribution in [2.45, 2.75) is 90.4 Å². The Hall–Kier alpha value is -0.770. The van der Waals surface area contributed by atoms with Crippen molar-refractivity contribution in [3.63, 3.8) is 0 Å². The lowest BCUT2D eigenvalue weighted by molar-refractivity contribution is 0.545. The van der Waals surface area contributed by atoms with E-state index in [2.05, 4.69) is 28.5 Å². The van der Waals surface area contributed by atoms with Crippen molar-refractivity contribution in [2.75, 3.05) is 0 Å². The van der Waals surface area contributed by atoms with Gasteiger partial charge in [0.15, 0.2) is 0 Å². The van der Waals surface area contributed by atoms with E-state index in [9.17, 15) is 0 Å². The van der Waals surface area contributed by atoms with E-state index in [-0.39, 0.29) is 0 Å². The van der Waals surface area contributed by atoms with Gasteiger partial charge in [-0.1, -0.05) is 77.6 Å². The van der Waals surface area contributed by atoms with Crippen LogP contribution in [0.4, 0.5) is 0 Å². The van der Waals surface area contributed by atoms with Crippen molar-refractivity contribution in [1.82, 2.24) is 16.5 Å². The topological polar surface area (TPSA) is 48.5 Å². The molecule has 0 amide bonds. The van der Waals surface area contributed by atoms with Crippen LogP contribution in [0.25, 0.3) is 0 Å². The zero-order valence-corrected chi connectivity index (χ0v) is 12.6. The maximum atomic E-state index is 4.07. The minimum Gasteiger partial charge on any atom is -0.289 e. The van der Waals surface area contributed by atoms with Gasteiger partial charge < -0.3 is 0 Å². The number of unbranched alkanes of at least 4 members (excludes halogenated alkanes) is 11. The first-order chi connectivity index (χ1) is 9.43. The van der Waals surface area contributed by atoms with Gasteiger partial charge in [0, 0.05) is 6.42 Å². The molecule has 112 valence electrons. The fourth-order valence-electron chi connectivity index (χ4n) is 2.48. The summed E-state index contributed by atoms with van der Waals surface area (Å²) in [7, 11) is 0. The minimum atomic E-state index is 1.03. The Morgan fingerprint density at radius 2 is 1.26 bits per heavy atom. The molecule has 0 aromatic heterocycles. The molecule has 4 nitrogen and oxygen atoms in total. The normalized spacial score (nSPS) is 14.1. The van der Waals surface area contributed by atoms with Crippen LogP contribution in [0.3, 0.4) is 0 Å². The number of nitrogens with zero attached hydrogens (tertiary/aromatic N) is 1. The van der Waals surface area contributed by atoms with Gasteiger partial charge in [-0.05, 0) is 6.42 Å². The third-order valence-corrected chi connectivity index (χ3v) is 3.72. The SMILES string of the molecule is CCCCCCCCCCCCCCC1=NNNN1. The van der Waals surface area contributed by atoms with Crippen molar-refractivity contribution in [2.24, 2.45) is 5.10 Å². The molecule has 0 unspecified atom stereocenters. The van der Waals surface area contributed by atoms with Gasteiger partial charge in [-0.15, -0.1) is 10.6 Å². The van der Waals surface area contributed by atoms with Crippen molar-refractivity contribution in [3.8, 4) is 0 Å². The highest BCUT2D eigenvalue weighted by molar-refractivity contribution is 5.82. The fourth-order valence-corrected chi connectivity index (χ4v) is 2.48. The van der Waals surface area contributed by atoms with Crippen molar-refractivity contribution in [1.29, 1.82) is 0 Å². The van der Waals surface area contributed by atoms with E-state index in [1.807, 2.05) is 0 Å². The number of nitrogens with one attached hydrogen (secondary N) is 3. The molecule has 1 aliphatic rings. The largest absolute Gasteiger partial charge is 0.289 e. The first kappa shape index (κ1) is 16.3. The minimum absolute atomic E-state index is 1.03. The second kappa shape index (κ2) is 12.3. The second-order valence-corrected chi connectivity index (χ2v) is 5.56. The number of amidine groups is 1. The summed E-state index contributed by atoms with van der Waals surface area (Å²) < 4.78 is 0. The van der Waals surface area contributed by atoms with Gasteiger partial charge >= 0.3 is 0 Å². The van der Waals surface area contributed by atoms with Gasteiger partial charge in [0.25, 0.3) is 0 Å². The molecule has 1 heterocycles. The molecular formula is C15H32N4. The number of rotatable bonds is 13. The van der Waals surface area contributed by atoms with Crippen molar-refractivity contribution in [3.05, 3.63) is 0 Å². The van der Waals surface area contributed by atoms with E-state index in [4.69, 9.17) is 0 Å². The molecule has 0 saturated carbocycles. The van der Waals surface area contributed by atoms with E-state index in [1.165, 1.54) is 77.0 Å². The Bertz CT molecular complexity index is 228. The van der Waals surface area contributed by atoms with Gasteiger partial charge in [-0.25, -0.2) is 5.53 Å². The summed E-state index contributed by atoms with van der Waals surface area (Å²) in [5.74, 6) is 1.03. The molecule has 3 N–H and O–H groups in total. The highest BCUT2D eigenvalue weighted by atomic mass is 15.8. The Labute approximate surface area is 118 Å². The maximum absolute atomic E-state index is 4.07. The average molecular weight is 268 g/mol. The van der Waals surface area contributed by atoms with Crippen LogP contribution in [0, 0.1) is 0 Å². The summed E-state index contributed by atoms with van der Waals surface area (Å²) in [5.41, 5.74) is 8.44. The van der Waals surface area contributed by atoms with Crippen LogP contribution in [0.15, 0.2) is 5.10 Å². The molecule has 0 aliphatic carbocycles. The Kier molecular flexibility index (Phi) is 10.5. The molecule has 0 saturated heterocycles. The zero-order valence-electron chi connectivity index (χ0n) is 12.6. The van der Waals surface area contributed by atoms with Gasteiger partial charge in [0.05, 0.1) is 0 Å². The second-order valence-electron chi connectivity index (χ2n) is 5.56. The van der Waals surface area contributed by atoms with Crippen molar-refractivity contribution >= 4 is 5.84 Å². The standard InChI is InChI=1S/C15H32N4/c1-2-3-4-5-6-7-8-9-10-11-12-13-14-15-16-18-19-17-15/h18-19H,2-14H2,1H3,(H,16,17). The van der Waals surface area contributed by atoms with Crippen LogP contribution in [-0.2, 0) is 0 Å². The quantitative estimate of drug-likeness (QED) is 0.442. The predicted octanol–water partition coefficient (Wildman–Crippen LogP) is 4.00. The summed E-state index contributed by atoms with van der Waals surface area (Å²) in [6.07, 6.45) is 17.8. The predicted molar refractivity (Wildman–Crippen MR) is 82.5 cm³/mol. The average Bonchev–Trinajstić information content (AvgIpc) is 2.93. The molecule has 0 aromatic rings. The van der Waals surface area contributed by atoms with Crippen LogP contribution in [-0.4, -0.2) is 5.84 Å². The molecule has 0 aromatic carbocycles. The third kappa shape index (κ3) is 9.77. The van der Waals surface area contributed by atoms with E-state index < -0.39 is 0 Å². The molecule has 19 heavy (non-hydrogen) atoms. The van der Waals surface area contributed by atoms with E-state index in [0.717, 1.165) is 12.3 Å². The van der Waals surface area contributed by atoms with E-state index in [0.29, 0.717) is 0 Å². The summed E-state index contributed by atoms with van der Waals surface area (Å²) in [6, 6.07) is 0. The summed E-state index contributed by atoms with van der Waals surface area (Å²) in [4.78, 5) is 0. The van der Waals surface area contributed by atoms with E-state index >= 15 is 0 Å². The molecule has 4 heteroatoms. The van der Waals surface area contributed by atoms with Crippen LogP contribution >= 0.6 is 0 Å². The van der Waals surface area contributed by atoms with E-state index in [1.54, 1.807) is 0 Å². The lowest BCUT2D eigenvalue weighted by atomic mass is 10.0. The Morgan fingerprint density at radius 3 is 1.74 bits per heavy atom. The number of hydrogen-bond donors (Lipinski definition) is 3. The summed E-state index contributed by atoms with van der Waals surface area (Å²) in [5, 5.41) is 4.07. The number of hydrazone groups is 1. The fraction of sp³-hybridized carbons (Fsp3) is 0.933. The van der Waals surface area contributed by atoms with Crippen LogP contribution in [0.2, 0.25) is 0 Å². The molecular weight excluding hydrogens is 236 g/mol. The highest BCUT2D eigenvalue weighted by Gasteiger charge is 2.02. The Balaban J connectivity index is 1.69. The third-order valence-electron chi connectivity index (χ3n) is 3.72. The highest BCUT2D eigenvalue weighted by Crippen LogP contribution is 2.12. The molecule has 0 bridgehead atoms. The van der Waals surface area contributed by atoms with Crippen LogP contribution < -0.4 is 16.5 Å². The van der Waals surface area contributed by atoms with Crippen molar-refractivity contribution < 1.29 is 0 Å². The number of hydrazine groups is 2. The number of hydrogen-bond acceptors (Lipinski definition) is 4. The first-order valence-corrected chi connectivity index (χ1v) is 8.26. The molecule has 0 spiro atoms. The molecule has 1 rings (SSSR count). The van der Waals surface area contributed by atoms with Gasteiger partial charge in [0.2, 0.25) is 0 Å². The van der Waals surface area contributed by atoms with Gasteiger partial charge in [0.1, 0.15) is 5.84 Å². The van der Waals surface area contributed by atoms with Crippen LogP contribution in [0.1, 0.15) is 90.4 Å². The lowest BCUT2D eigenvalue weighted by Gasteiger charge is -2.03. The smallest absolute Gasteiger partial charge is 0.139 e. The van der Waals surface area contributed by atoms with Gasteiger partial charge in [-0.3, -0.25) is 5.43 Å². The molecule has 0 atom stereocenters. The molecule has 0 radical (unpaired) electrons. The maximum Gasteiger partial charge on any atom is 0.139 e. The molecule has 0 fully saturated rings. The zero-order chi connectivity index (χ0) is 13.6.